The SMILES string of the molecule is Cc1cc(C)c2nc(SCC(=O)NC[C@@H]3CCCO3)c(C#N)cc2c1. The van der Waals surface area contributed by atoms with Gasteiger partial charge >= 0.3 is 0 Å². The Bertz CT molecular complexity index is 839. The average molecular weight is 355 g/mol. The largest absolute Gasteiger partial charge is 0.376 e. The van der Waals surface area contributed by atoms with Gasteiger partial charge in [-0.3, -0.25) is 4.79 Å². The van der Waals surface area contributed by atoms with E-state index < -0.39 is 0 Å². The van der Waals surface area contributed by atoms with Crippen LogP contribution in [0, 0.1) is 25.2 Å². The highest BCUT2D eigenvalue weighted by atomic mass is 32.2. The number of aryl methyl sites for hydroxylation is 2. The quantitative estimate of drug-likeness (QED) is 0.834. The molecule has 5 nitrogen and oxygen atoms in total. The molecule has 130 valence electrons. The number of nitrogens with one attached hydrogen (secondary N) is 1. The van der Waals surface area contributed by atoms with Gasteiger partial charge in [0.25, 0.3) is 0 Å². The molecule has 0 bridgehead atoms. The van der Waals surface area contributed by atoms with Crippen LogP contribution >= 0.6 is 11.8 Å². The number of fused-ring (bicyclic) bond motifs is 1. The number of rotatable bonds is 5. The lowest BCUT2D eigenvalue weighted by molar-refractivity contribution is -0.119. The molecule has 1 fully saturated rings. The molecule has 0 unspecified atom stereocenters. The highest BCUT2D eigenvalue weighted by molar-refractivity contribution is 8.00. The summed E-state index contributed by atoms with van der Waals surface area (Å²) >= 11 is 1.30. The molecule has 1 aromatic carbocycles. The molecule has 0 saturated carbocycles. The van der Waals surface area contributed by atoms with E-state index in [1.165, 1.54) is 11.8 Å². The maximum atomic E-state index is 12.0. The number of aromatic nitrogens is 1. The van der Waals surface area contributed by atoms with Gasteiger partial charge in [-0.1, -0.05) is 23.4 Å². The number of amides is 1. The second kappa shape index (κ2) is 7.85. The molecule has 2 heterocycles. The molecule has 3 rings (SSSR count). The molecule has 0 radical (unpaired) electrons. The minimum absolute atomic E-state index is 0.0630. The summed E-state index contributed by atoms with van der Waals surface area (Å²) in [5.74, 6) is 0.178. The van der Waals surface area contributed by atoms with Gasteiger partial charge in [-0.05, 0) is 44.4 Å². The van der Waals surface area contributed by atoms with Crippen molar-refractivity contribution >= 4 is 28.6 Å². The molecule has 1 aromatic heterocycles. The standard InChI is InChI=1S/C19H21N3O2S/c1-12-6-13(2)18-14(7-12)8-15(9-20)19(22-18)25-11-17(23)21-10-16-4-3-5-24-16/h6-8,16H,3-5,10-11H2,1-2H3,(H,21,23)/t16-/m0/s1. The van der Waals surface area contributed by atoms with E-state index in [0.29, 0.717) is 17.1 Å². The van der Waals surface area contributed by atoms with Crippen LogP contribution in [0.15, 0.2) is 23.2 Å². The topological polar surface area (TPSA) is 75.0 Å². The number of benzene rings is 1. The smallest absolute Gasteiger partial charge is 0.230 e. The number of nitrogens with zero attached hydrogens (tertiary/aromatic N) is 2. The van der Waals surface area contributed by atoms with Crippen LogP contribution in [-0.4, -0.2) is 35.9 Å². The van der Waals surface area contributed by atoms with Gasteiger partial charge in [0.05, 0.1) is 22.9 Å². The van der Waals surface area contributed by atoms with Crippen molar-refractivity contribution in [2.45, 2.75) is 37.8 Å². The highest BCUT2D eigenvalue weighted by Crippen LogP contribution is 2.27. The Morgan fingerprint density at radius 1 is 1.44 bits per heavy atom. The van der Waals surface area contributed by atoms with Crippen molar-refractivity contribution in [1.29, 1.82) is 5.26 Å². The van der Waals surface area contributed by atoms with E-state index in [1.807, 2.05) is 26.0 Å². The van der Waals surface area contributed by atoms with E-state index in [4.69, 9.17) is 4.74 Å². The molecule has 6 heteroatoms. The third-order valence-corrected chi connectivity index (χ3v) is 5.22. The number of thioether (sulfide) groups is 1. The van der Waals surface area contributed by atoms with Crippen molar-refractivity contribution < 1.29 is 9.53 Å². The first-order chi connectivity index (χ1) is 12.1. The van der Waals surface area contributed by atoms with E-state index in [1.54, 1.807) is 0 Å². The first-order valence-corrected chi connectivity index (χ1v) is 9.38. The fourth-order valence-electron chi connectivity index (χ4n) is 3.04. The van der Waals surface area contributed by atoms with Crippen molar-refractivity contribution in [3.8, 4) is 6.07 Å². The third-order valence-electron chi connectivity index (χ3n) is 4.23. The Kier molecular flexibility index (Phi) is 5.57. The van der Waals surface area contributed by atoms with Crippen molar-refractivity contribution in [2.24, 2.45) is 0 Å². The first kappa shape index (κ1) is 17.7. The van der Waals surface area contributed by atoms with Crippen LogP contribution in [0.25, 0.3) is 10.9 Å². The van der Waals surface area contributed by atoms with Crippen LogP contribution < -0.4 is 5.32 Å². The van der Waals surface area contributed by atoms with Gasteiger partial charge in [-0.2, -0.15) is 5.26 Å². The van der Waals surface area contributed by atoms with E-state index >= 15 is 0 Å². The van der Waals surface area contributed by atoms with Crippen LogP contribution in [0.5, 0.6) is 0 Å². The maximum absolute atomic E-state index is 12.0. The summed E-state index contributed by atoms with van der Waals surface area (Å²) in [4.78, 5) is 16.7. The second-order valence-corrected chi connectivity index (χ2v) is 7.30. The second-order valence-electron chi connectivity index (χ2n) is 6.33. The molecule has 1 atom stereocenters. The van der Waals surface area contributed by atoms with Gasteiger partial charge in [-0.25, -0.2) is 4.98 Å². The Morgan fingerprint density at radius 2 is 2.28 bits per heavy atom. The molecule has 1 amide bonds. The lowest BCUT2D eigenvalue weighted by Crippen LogP contribution is -2.32. The average Bonchev–Trinajstić information content (AvgIpc) is 3.11. The number of ether oxygens (including phenoxy) is 1. The lowest BCUT2D eigenvalue weighted by atomic mass is 10.1. The maximum Gasteiger partial charge on any atom is 0.230 e. The van der Waals surface area contributed by atoms with Crippen LogP contribution in [0.1, 0.15) is 29.5 Å². The summed E-state index contributed by atoms with van der Waals surface area (Å²) in [6.07, 6.45) is 2.19. The zero-order valence-electron chi connectivity index (χ0n) is 14.5. The fourth-order valence-corrected chi connectivity index (χ4v) is 3.83. The molecule has 25 heavy (non-hydrogen) atoms. The predicted octanol–water partition coefficient (Wildman–Crippen LogP) is 3.11. The predicted molar refractivity (Wildman–Crippen MR) is 98.6 cm³/mol. The number of hydrogen-bond donors (Lipinski definition) is 1. The molecule has 2 aromatic rings. The van der Waals surface area contributed by atoms with Crippen molar-refractivity contribution in [2.75, 3.05) is 18.9 Å². The van der Waals surface area contributed by atoms with E-state index in [0.717, 1.165) is 41.5 Å². The molecule has 1 aliphatic heterocycles. The number of pyridine rings is 1. The number of carbonyl (C=O) groups excluding carboxylic acids is 1. The zero-order chi connectivity index (χ0) is 17.8. The summed E-state index contributed by atoms with van der Waals surface area (Å²) in [6, 6.07) is 8.15. The molecule has 1 saturated heterocycles. The van der Waals surface area contributed by atoms with Gasteiger partial charge in [0.15, 0.2) is 0 Å². The van der Waals surface area contributed by atoms with Gasteiger partial charge in [0.2, 0.25) is 5.91 Å². The lowest BCUT2D eigenvalue weighted by Gasteiger charge is -2.11. The minimum atomic E-state index is -0.0630. The Labute approximate surface area is 151 Å². The Hall–Kier alpha value is -2.10. The summed E-state index contributed by atoms with van der Waals surface area (Å²) in [6.45, 7) is 5.37. The summed E-state index contributed by atoms with van der Waals surface area (Å²) < 4.78 is 5.50. The number of carbonyl (C=O) groups is 1. The van der Waals surface area contributed by atoms with E-state index in [2.05, 4.69) is 22.4 Å². The highest BCUT2D eigenvalue weighted by Gasteiger charge is 2.17. The van der Waals surface area contributed by atoms with Crippen LogP contribution in [0.2, 0.25) is 0 Å². The van der Waals surface area contributed by atoms with Gasteiger partial charge < -0.3 is 10.1 Å². The third kappa shape index (κ3) is 4.30. The van der Waals surface area contributed by atoms with Crippen LogP contribution in [-0.2, 0) is 9.53 Å². The summed E-state index contributed by atoms with van der Waals surface area (Å²) in [7, 11) is 0. The normalized spacial score (nSPS) is 16.8. The molecule has 0 aliphatic carbocycles. The van der Waals surface area contributed by atoms with Crippen molar-refractivity contribution in [3.05, 3.63) is 34.9 Å². The fraction of sp³-hybridized carbons (Fsp3) is 0.421. The van der Waals surface area contributed by atoms with Gasteiger partial charge in [0, 0.05) is 18.5 Å². The zero-order valence-corrected chi connectivity index (χ0v) is 15.3. The minimum Gasteiger partial charge on any atom is -0.376 e. The van der Waals surface area contributed by atoms with Crippen LogP contribution in [0.4, 0.5) is 0 Å². The van der Waals surface area contributed by atoms with Gasteiger partial charge in [0.1, 0.15) is 11.1 Å². The molecular weight excluding hydrogens is 334 g/mol. The van der Waals surface area contributed by atoms with E-state index in [9.17, 15) is 10.1 Å². The van der Waals surface area contributed by atoms with Crippen molar-refractivity contribution in [3.63, 3.8) is 0 Å². The monoisotopic (exact) mass is 355 g/mol. The summed E-state index contributed by atoms with van der Waals surface area (Å²) in [5, 5.41) is 13.9. The Balaban J connectivity index is 1.69. The molecule has 1 N–H and O–H groups in total. The van der Waals surface area contributed by atoms with Crippen molar-refractivity contribution in [1.82, 2.24) is 10.3 Å². The number of nitriles is 1. The van der Waals surface area contributed by atoms with Crippen LogP contribution in [0.3, 0.4) is 0 Å². The summed E-state index contributed by atoms with van der Waals surface area (Å²) in [5.41, 5.74) is 3.61. The molecule has 0 spiro atoms. The molecule has 1 aliphatic rings. The van der Waals surface area contributed by atoms with Gasteiger partial charge in [-0.15, -0.1) is 0 Å². The molecular formula is C19H21N3O2S. The van der Waals surface area contributed by atoms with E-state index in [-0.39, 0.29) is 17.8 Å². The number of hydrogen-bond acceptors (Lipinski definition) is 5. The first-order valence-electron chi connectivity index (χ1n) is 8.40. The Morgan fingerprint density at radius 3 is 3.00 bits per heavy atom.